The molecule has 1 fully saturated rings. The topological polar surface area (TPSA) is 75.6 Å². The van der Waals surface area contributed by atoms with Crippen molar-refractivity contribution in [1.29, 1.82) is 0 Å². The third-order valence-electron chi connectivity index (χ3n) is 4.92. The lowest BCUT2D eigenvalue weighted by Crippen LogP contribution is -2.46. The Morgan fingerprint density at radius 1 is 0.897 bits per heavy atom. The lowest BCUT2D eigenvalue weighted by molar-refractivity contribution is 0.405. The van der Waals surface area contributed by atoms with Crippen LogP contribution in [0.4, 0.5) is 23.1 Å². The van der Waals surface area contributed by atoms with Gasteiger partial charge in [-0.2, -0.15) is 10.1 Å². The van der Waals surface area contributed by atoms with E-state index < -0.39 is 0 Å². The van der Waals surface area contributed by atoms with Gasteiger partial charge in [-0.05, 0) is 24.3 Å². The van der Waals surface area contributed by atoms with Crippen molar-refractivity contribution in [3.05, 3.63) is 54.7 Å². The molecule has 1 N–H and O–H groups in total. The van der Waals surface area contributed by atoms with Gasteiger partial charge in [-0.1, -0.05) is 18.2 Å². The van der Waals surface area contributed by atoms with Crippen molar-refractivity contribution in [2.75, 3.05) is 55.5 Å². The second-order valence-electron chi connectivity index (χ2n) is 6.64. The van der Waals surface area contributed by atoms with Gasteiger partial charge in [-0.25, -0.2) is 0 Å². The number of anilines is 4. The smallest absolute Gasteiger partial charge is 0.249 e. The van der Waals surface area contributed by atoms with Crippen LogP contribution in [0.15, 0.2) is 54.7 Å². The number of hydrogen-bond donors (Lipinski definition) is 1. The van der Waals surface area contributed by atoms with Gasteiger partial charge in [0.25, 0.3) is 0 Å². The molecule has 0 unspecified atom stereocenters. The van der Waals surface area contributed by atoms with Gasteiger partial charge in [0, 0.05) is 37.9 Å². The number of rotatable bonds is 6. The van der Waals surface area contributed by atoms with Crippen LogP contribution in [0.1, 0.15) is 0 Å². The summed E-state index contributed by atoms with van der Waals surface area (Å²) in [5.74, 6) is 2.61. The summed E-state index contributed by atoms with van der Waals surface area (Å²) < 4.78 is 10.7. The fourth-order valence-corrected chi connectivity index (χ4v) is 3.36. The van der Waals surface area contributed by atoms with Crippen molar-refractivity contribution in [3.63, 3.8) is 0 Å². The van der Waals surface area contributed by atoms with Crippen LogP contribution in [0.3, 0.4) is 0 Å². The zero-order valence-electron chi connectivity index (χ0n) is 16.6. The summed E-state index contributed by atoms with van der Waals surface area (Å²) in [6.45, 7) is 3.60. The van der Waals surface area contributed by atoms with Crippen LogP contribution in [-0.2, 0) is 0 Å². The highest BCUT2D eigenvalue weighted by molar-refractivity contribution is 5.65. The molecule has 0 spiro atoms. The maximum Gasteiger partial charge on any atom is 0.249 e. The molecular weight excluding hydrogens is 368 g/mol. The molecule has 1 aliphatic heterocycles. The van der Waals surface area contributed by atoms with Crippen LogP contribution < -0.4 is 24.6 Å². The molecule has 8 nitrogen and oxygen atoms in total. The van der Waals surface area contributed by atoms with Crippen LogP contribution in [0.5, 0.6) is 11.5 Å². The number of aromatic nitrogens is 3. The first kappa shape index (κ1) is 18.8. The van der Waals surface area contributed by atoms with Crippen molar-refractivity contribution in [2.45, 2.75) is 0 Å². The van der Waals surface area contributed by atoms with E-state index in [9.17, 15) is 0 Å². The third-order valence-corrected chi connectivity index (χ3v) is 4.92. The number of hydrogen-bond acceptors (Lipinski definition) is 8. The van der Waals surface area contributed by atoms with Crippen LogP contribution >= 0.6 is 0 Å². The molecular formula is C21H24N6O2. The third kappa shape index (κ3) is 4.31. The first-order valence-electron chi connectivity index (χ1n) is 9.50. The largest absolute Gasteiger partial charge is 0.497 e. The van der Waals surface area contributed by atoms with Gasteiger partial charge >= 0.3 is 0 Å². The number of ether oxygens (including phenoxy) is 2. The molecule has 4 rings (SSSR count). The number of methoxy groups -OCH3 is 2. The SMILES string of the molecule is COc1ccc(OC)c(Nc2nncc(N3CCN(c4ccccc4)CC3)n2)c1. The number of piperazine rings is 1. The summed E-state index contributed by atoms with van der Waals surface area (Å²) in [5.41, 5.74) is 1.97. The molecule has 0 radical (unpaired) electrons. The Labute approximate surface area is 170 Å². The minimum Gasteiger partial charge on any atom is -0.497 e. The van der Waals surface area contributed by atoms with Crippen molar-refractivity contribution in [2.24, 2.45) is 0 Å². The number of nitrogens with zero attached hydrogens (tertiary/aromatic N) is 5. The molecule has 3 aromatic rings. The first-order chi connectivity index (χ1) is 14.3. The molecule has 1 aliphatic rings. The van der Waals surface area contributed by atoms with Gasteiger partial charge in [-0.15, -0.1) is 5.10 Å². The molecule has 0 atom stereocenters. The van der Waals surface area contributed by atoms with Gasteiger partial charge in [0.1, 0.15) is 11.5 Å². The summed E-state index contributed by atoms with van der Waals surface area (Å²) in [5, 5.41) is 11.4. The van der Waals surface area contributed by atoms with E-state index in [0.29, 0.717) is 11.7 Å². The zero-order chi connectivity index (χ0) is 20.1. The Kier molecular flexibility index (Phi) is 5.60. The Morgan fingerprint density at radius 3 is 2.38 bits per heavy atom. The van der Waals surface area contributed by atoms with Gasteiger partial charge in [0.2, 0.25) is 5.95 Å². The Balaban J connectivity index is 1.46. The molecule has 0 bridgehead atoms. The van der Waals surface area contributed by atoms with E-state index >= 15 is 0 Å². The second kappa shape index (κ2) is 8.64. The van der Waals surface area contributed by atoms with E-state index in [4.69, 9.17) is 9.47 Å². The van der Waals surface area contributed by atoms with Gasteiger partial charge < -0.3 is 24.6 Å². The van der Waals surface area contributed by atoms with Crippen molar-refractivity contribution < 1.29 is 9.47 Å². The van der Waals surface area contributed by atoms with Crippen LogP contribution in [0.25, 0.3) is 0 Å². The minimum atomic E-state index is 0.416. The van der Waals surface area contributed by atoms with E-state index in [1.165, 1.54) is 5.69 Å². The minimum absolute atomic E-state index is 0.416. The molecule has 150 valence electrons. The average Bonchev–Trinajstić information content (AvgIpc) is 2.80. The van der Waals surface area contributed by atoms with Crippen molar-refractivity contribution in [3.8, 4) is 11.5 Å². The molecule has 2 heterocycles. The van der Waals surface area contributed by atoms with Crippen LogP contribution in [0, 0.1) is 0 Å². The number of para-hydroxylation sites is 1. The second-order valence-corrected chi connectivity index (χ2v) is 6.64. The molecule has 29 heavy (non-hydrogen) atoms. The highest BCUT2D eigenvalue weighted by atomic mass is 16.5. The average molecular weight is 392 g/mol. The highest BCUT2D eigenvalue weighted by Gasteiger charge is 2.19. The van der Waals surface area contributed by atoms with E-state index in [-0.39, 0.29) is 0 Å². The zero-order valence-corrected chi connectivity index (χ0v) is 16.6. The summed E-state index contributed by atoms with van der Waals surface area (Å²) >= 11 is 0. The van der Waals surface area contributed by atoms with Gasteiger partial charge in [0.15, 0.2) is 5.82 Å². The summed E-state index contributed by atoms with van der Waals surface area (Å²) in [7, 11) is 3.24. The van der Waals surface area contributed by atoms with Crippen molar-refractivity contribution >= 4 is 23.1 Å². The van der Waals surface area contributed by atoms with Crippen LogP contribution in [-0.4, -0.2) is 55.6 Å². The lowest BCUT2D eigenvalue weighted by atomic mass is 10.2. The highest BCUT2D eigenvalue weighted by Crippen LogP contribution is 2.30. The monoisotopic (exact) mass is 392 g/mol. The van der Waals surface area contributed by atoms with Crippen LogP contribution in [0.2, 0.25) is 0 Å². The first-order valence-corrected chi connectivity index (χ1v) is 9.50. The molecule has 2 aromatic carbocycles. The predicted octanol–water partition coefficient (Wildman–Crippen LogP) is 2.96. The molecule has 8 heteroatoms. The Bertz CT molecular complexity index is 945. The molecule has 1 saturated heterocycles. The maximum atomic E-state index is 5.41. The molecule has 1 aromatic heterocycles. The fourth-order valence-electron chi connectivity index (χ4n) is 3.36. The van der Waals surface area contributed by atoms with E-state index in [0.717, 1.165) is 43.4 Å². The normalized spacial score (nSPS) is 13.9. The van der Waals surface area contributed by atoms with Crippen molar-refractivity contribution in [1.82, 2.24) is 15.2 Å². The standard InChI is InChI=1S/C21H24N6O2/c1-28-17-8-9-19(29-2)18(14-17)23-21-24-20(15-22-25-21)27-12-10-26(11-13-27)16-6-4-3-5-7-16/h3-9,14-15H,10-13H2,1-2H3,(H,23,24,25). The Morgan fingerprint density at radius 2 is 1.66 bits per heavy atom. The fraction of sp³-hybridized carbons (Fsp3) is 0.286. The molecule has 0 amide bonds. The van der Waals surface area contributed by atoms with Gasteiger partial charge in [-0.3, -0.25) is 0 Å². The summed E-state index contributed by atoms with van der Waals surface area (Å²) in [6, 6.07) is 16.0. The van der Waals surface area contributed by atoms with E-state index in [1.54, 1.807) is 20.4 Å². The number of benzene rings is 2. The number of nitrogens with one attached hydrogen (secondary N) is 1. The maximum absolute atomic E-state index is 5.41. The summed E-state index contributed by atoms with van der Waals surface area (Å²) in [6.07, 6.45) is 1.70. The predicted molar refractivity (Wildman–Crippen MR) is 114 cm³/mol. The quantitative estimate of drug-likeness (QED) is 0.686. The Hall–Kier alpha value is -3.55. The molecule has 0 aliphatic carbocycles. The lowest BCUT2D eigenvalue weighted by Gasteiger charge is -2.36. The van der Waals surface area contributed by atoms with E-state index in [1.807, 2.05) is 24.3 Å². The van der Waals surface area contributed by atoms with Gasteiger partial charge in [0.05, 0.1) is 26.1 Å². The molecule has 0 saturated carbocycles. The summed E-state index contributed by atoms with van der Waals surface area (Å²) in [4.78, 5) is 9.25. The van der Waals surface area contributed by atoms with E-state index in [2.05, 4.69) is 54.6 Å².